The van der Waals surface area contributed by atoms with Crippen molar-refractivity contribution in [2.75, 3.05) is 21.3 Å². The lowest BCUT2D eigenvalue weighted by Crippen LogP contribution is -2.04. The van der Waals surface area contributed by atoms with E-state index in [-0.39, 0.29) is 45.5 Å². The Morgan fingerprint density at radius 2 is 1.64 bits per heavy atom. The summed E-state index contributed by atoms with van der Waals surface area (Å²) in [5, 5.41) is 19.9. The van der Waals surface area contributed by atoms with Crippen LogP contribution in [0.2, 0.25) is 0 Å². The predicted molar refractivity (Wildman–Crippen MR) is 90.9 cm³/mol. The molecule has 1 aromatic heterocycles. The van der Waals surface area contributed by atoms with Gasteiger partial charge in [0.1, 0.15) is 16.7 Å². The molecule has 0 aliphatic heterocycles. The first-order valence-electron chi connectivity index (χ1n) is 7.29. The van der Waals surface area contributed by atoms with E-state index in [0.29, 0.717) is 5.56 Å². The molecule has 0 amide bonds. The number of hydrogen-bond donors (Lipinski definition) is 2. The lowest BCUT2D eigenvalue weighted by Gasteiger charge is -2.12. The summed E-state index contributed by atoms with van der Waals surface area (Å²) in [6.45, 7) is 0. The molecule has 7 heteroatoms. The van der Waals surface area contributed by atoms with Crippen molar-refractivity contribution in [3.05, 3.63) is 40.6 Å². The second-order valence-corrected chi connectivity index (χ2v) is 5.20. The smallest absolute Gasteiger partial charge is 0.201 e. The van der Waals surface area contributed by atoms with Gasteiger partial charge in [-0.05, 0) is 18.2 Å². The van der Waals surface area contributed by atoms with E-state index in [4.69, 9.17) is 18.6 Å². The van der Waals surface area contributed by atoms with Gasteiger partial charge in [-0.3, -0.25) is 4.79 Å². The average Bonchev–Trinajstić information content (AvgIpc) is 2.61. The highest BCUT2D eigenvalue weighted by Gasteiger charge is 2.19. The van der Waals surface area contributed by atoms with Crippen LogP contribution in [0.5, 0.6) is 28.7 Å². The summed E-state index contributed by atoms with van der Waals surface area (Å²) in [6, 6.07) is 7.28. The Bertz CT molecular complexity index is 1000. The van der Waals surface area contributed by atoms with E-state index in [9.17, 15) is 15.0 Å². The van der Waals surface area contributed by atoms with E-state index in [1.165, 1.54) is 39.5 Å². The Hall–Kier alpha value is -3.35. The summed E-state index contributed by atoms with van der Waals surface area (Å²) in [7, 11) is 4.15. The minimum atomic E-state index is -0.391. The number of aromatic hydroxyl groups is 2. The van der Waals surface area contributed by atoms with E-state index in [2.05, 4.69) is 0 Å². The van der Waals surface area contributed by atoms with Crippen LogP contribution in [0.25, 0.3) is 22.3 Å². The number of rotatable bonds is 4. The van der Waals surface area contributed by atoms with Gasteiger partial charge in [0.2, 0.25) is 5.75 Å². The molecule has 2 aromatic carbocycles. The summed E-state index contributed by atoms with van der Waals surface area (Å²) in [5.74, 6) is 0.323. The molecule has 0 bridgehead atoms. The van der Waals surface area contributed by atoms with Crippen molar-refractivity contribution in [1.82, 2.24) is 0 Å². The fourth-order valence-corrected chi connectivity index (χ4v) is 2.58. The van der Waals surface area contributed by atoms with Gasteiger partial charge >= 0.3 is 0 Å². The second kappa shape index (κ2) is 6.27. The SMILES string of the molecule is COc1cc(-c2cc(=O)c3c(OC)c(O)c(OC)cc3o2)ccc1O. The molecular weight excluding hydrogens is 328 g/mol. The van der Waals surface area contributed by atoms with Crippen LogP contribution >= 0.6 is 0 Å². The molecule has 0 radical (unpaired) electrons. The fraction of sp³-hybridized carbons (Fsp3) is 0.167. The van der Waals surface area contributed by atoms with Crippen molar-refractivity contribution in [2.45, 2.75) is 0 Å². The van der Waals surface area contributed by atoms with Crippen LogP contribution in [0, 0.1) is 0 Å². The molecule has 0 atom stereocenters. The first kappa shape index (κ1) is 16.5. The van der Waals surface area contributed by atoms with Crippen LogP contribution in [0.4, 0.5) is 0 Å². The van der Waals surface area contributed by atoms with Crippen LogP contribution < -0.4 is 19.6 Å². The van der Waals surface area contributed by atoms with E-state index < -0.39 is 5.43 Å². The van der Waals surface area contributed by atoms with Crippen molar-refractivity contribution < 1.29 is 28.8 Å². The molecule has 0 aliphatic rings. The number of phenolic OH excluding ortho intramolecular Hbond substituents is 2. The summed E-state index contributed by atoms with van der Waals surface area (Å²) >= 11 is 0. The van der Waals surface area contributed by atoms with Crippen LogP contribution in [-0.4, -0.2) is 31.5 Å². The van der Waals surface area contributed by atoms with Crippen LogP contribution in [0.3, 0.4) is 0 Å². The minimum Gasteiger partial charge on any atom is -0.504 e. The molecule has 130 valence electrons. The van der Waals surface area contributed by atoms with Gasteiger partial charge in [-0.1, -0.05) is 0 Å². The van der Waals surface area contributed by atoms with Crippen molar-refractivity contribution in [3.63, 3.8) is 0 Å². The number of benzene rings is 2. The third-order valence-electron chi connectivity index (χ3n) is 3.80. The molecule has 0 unspecified atom stereocenters. The second-order valence-electron chi connectivity index (χ2n) is 5.20. The zero-order valence-electron chi connectivity index (χ0n) is 13.8. The van der Waals surface area contributed by atoms with Crippen molar-refractivity contribution in [3.8, 4) is 40.1 Å². The fourth-order valence-electron chi connectivity index (χ4n) is 2.58. The van der Waals surface area contributed by atoms with Gasteiger partial charge in [-0.2, -0.15) is 0 Å². The molecule has 0 saturated carbocycles. The van der Waals surface area contributed by atoms with Crippen molar-refractivity contribution >= 4 is 11.0 Å². The zero-order chi connectivity index (χ0) is 18.1. The van der Waals surface area contributed by atoms with Gasteiger partial charge in [0, 0.05) is 17.7 Å². The summed E-state index contributed by atoms with van der Waals surface area (Å²) < 4.78 is 21.1. The van der Waals surface area contributed by atoms with Gasteiger partial charge in [-0.15, -0.1) is 0 Å². The molecular formula is C18H16O7. The van der Waals surface area contributed by atoms with E-state index in [1.54, 1.807) is 12.1 Å². The van der Waals surface area contributed by atoms with Gasteiger partial charge in [0.15, 0.2) is 28.4 Å². The standard InChI is InChI=1S/C18H16O7/c1-22-13-6-9(4-5-10(13)19)12-7-11(20)16-14(25-12)8-15(23-2)17(21)18(16)24-3/h4-8,19,21H,1-3H3. The highest BCUT2D eigenvalue weighted by Crippen LogP contribution is 2.42. The number of methoxy groups -OCH3 is 3. The molecule has 1 heterocycles. The highest BCUT2D eigenvalue weighted by atomic mass is 16.5. The molecule has 0 aliphatic carbocycles. The summed E-state index contributed by atoms with van der Waals surface area (Å²) in [5.41, 5.74) is 0.346. The third-order valence-corrected chi connectivity index (χ3v) is 3.80. The summed E-state index contributed by atoms with van der Waals surface area (Å²) in [4.78, 5) is 12.6. The Morgan fingerprint density at radius 3 is 2.28 bits per heavy atom. The molecule has 2 N–H and O–H groups in total. The van der Waals surface area contributed by atoms with Gasteiger partial charge in [-0.25, -0.2) is 0 Å². The van der Waals surface area contributed by atoms with Gasteiger partial charge in [0.25, 0.3) is 0 Å². The number of ether oxygens (including phenoxy) is 3. The zero-order valence-corrected chi connectivity index (χ0v) is 13.8. The molecule has 7 nitrogen and oxygen atoms in total. The Kier molecular flexibility index (Phi) is 4.14. The van der Waals surface area contributed by atoms with Crippen molar-refractivity contribution in [1.29, 1.82) is 0 Å². The minimum absolute atomic E-state index is 0.0158. The van der Waals surface area contributed by atoms with Crippen LogP contribution in [-0.2, 0) is 0 Å². The maximum atomic E-state index is 12.6. The molecule has 0 spiro atoms. The quantitative estimate of drug-likeness (QED) is 0.751. The Balaban J connectivity index is 2.30. The third kappa shape index (κ3) is 2.69. The number of hydrogen-bond acceptors (Lipinski definition) is 7. The maximum Gasteiger partial charge on any atom is 0.201 e. The van der Waals surface area contributed by atoms with E-state index in [1.807, 2.05) is 0 Å². The normalized spacial score (nSPS) is 10.7. The molecule has 3 rings (SSSR count). The average molecular weight is 344 g/mol. The van der Waals surface area contributed by atoms with E-state index >= 15 is 0 Å². The molecule has 25 heavy (non-hydrogen) atoms. The summed E-state index contributed by atoms with van der Waals surface area (Å²) in [6.07, 6.45) is 0. The van der Waals surface area contributed by atoms with E-state index in [0.717, 1.165) is 0 Å². The van der Waals surface area contributed by atoms with Crippen LogP contribution in [0.15, 0.2) is 39.5 Å². The lowest BCUT2D eigenvalue weighted by molar-refractivity contribution is 0.342. The largest absolute Gasteiger partial charge is 0.504 e. The predicted octanol–water partition coefficient (Wildman–Crippen LogP) is 2.90. The molecule has 3 aromatic rings. The monoisotopic (exact) mass is 344 g/mol. The Morgan fingerprint density at radius 1 is 0.920 bits per heavy atom. The van der Waals surface area contributed by atoms with Gasteiger partial charge < -0.3 is 28.8 Å². The first-order chi connectivity index (χ1) is 12.0. The topological polar surface area (TPSA) is 98.4 Å². The molecule has 0 saturated heterocycles. The maximum absolute atomic E-state index is 12.6. The highest BCUT2D eigenvalue weighted by molar-refractivity contribution is 5.89. The van der Waals surface area contributed by atoms with Crippen LogP contribution in [0.1, 0.15) is 0 Å². The van der Waals surface area contributed by atoms with Crippen molar-refractivity contribution in [2.24, 2.45) is 0 Å². The lowest BCUT2D eigenvalue weighted by atomic mass is 10.1. The molecule has 0 fully saturated rings. The number of fused-ring (bicyclic) bond motifs is 1. The van der Waals surface area contributed by atoms with Gasteiger partial charge in [0.05, 0.1) is 21.3 Å². The number of phenols is 2. The first-order valence-corrected chi connectivity index (χ1v) is 7.29. The Labute approximate surface area is 142 Å².